The molecule has 0 N–H and O–H groups in total. The van der Waals surface area contributed by atoms with E-state index in [4.69, 9.17) is 23.7 Å². The molecule has 0 amide bonds. The summed E-state index contributed by atoms with van der Waals surface area (Å²) >= 11 is 0. The fraction of sp³-hybridized carbons (Fsp3) is 0.944. The summed E-state index contributed by atoms with van der Waals surface area (Å²) in [4.78, 5) is 10.5. The van der Waals surface area contributed by atoms with Crippen molar-refractivity contribution in [1.29, 1.82) is 0 Å². The number of unbranched alkanes of at least 4 members (excludes halogenated alkanes) is 1. The summed E-state index contributed by atoms with van der Waals surface area (Å²) in [5, 5.41) is 0. The first kappa shape index (κ1) is 23.3. The Balaban J connectivity index is 3.15. The van der Waals surface area contributed by atoms with Crippen LogP contribution in [0, 0.1) is 5.92 Å². The Bertz CT molecular complexity index is 272. The van der Waals surface area contributed by atoms with Crippen molar-refractivity contribution in [2.45, 2.75) is 46.5 Å². The van der Waals surface area contributed by atoms with Crippen molar-refractivity contribution in [3.05, 3.63) is 0 Å². The van der Waals surface area contributed by atoms with Crippen molar-refractivity contribution in [2.24, 2.45) is 5.92 Å². The number of carbonyl (C=O) groups excluding carboxylic acids is 1. The quantitative estimate of drug-likeness (QED) is 0.280. The van der Waals surface area contributed by atoms with Crippen LogP contribution in [0.2, 0.25) is 0 Å². The van der Waals surface area contributed by atoms with Crippen LogP contribution in [0.3, 0.4) is 0 Å². The Labute approximate surface area is 147 Å². The van der Waals surface area contributed by atoms with Gasteiger partial charge < -0.3 is 23.7 Å². The summed E-state index contributed by atoms with van der Waals surface area (Å²) < 4.78 is 26.5. The first-order valence-corrected chi connectivity index (χ1v) is 9.15. The smallest absolute Gasteiger partial charge is 0.302 e. The van der Waals surface area contributed by atoms with Gasteiger partial charge in [0.2, 0.25) is 0 Å². The predicted molar refractivity (Wildman–Crippen MR) is 93.2 cm³/mol. The topological polar surface area (TPSA) is 63.2 Å². The number of hydrogen-bond acceptors (Lipinski definition) is 6. The normalized spacial score (nSPS) is 12.3. The third-order valence-electron chi connectivity index (χ3n) is 3.55. The van der Waals surface area contributed by atoms with Crippen LogP contribution >= 0.6 is 0 Å². The SMILES string of the molecule is CCCCC(CC)COCCOCCOCCOCCOC(C)=O. The highest BCUT2D eigenvalue weighted by Gasteiger charge is 2.05. The van der Waals surface area contributed by atoms with Crippen LogP contribution < -0.4 is 0 Å². The standard InChI is InChI=1S/C18H36O6/c1-4-6-7-18(5-2)16-23-13-12-21-9-8-20-10-11-22-14-15-24-17(3)19/h18H,4-16H2,1-3H3. The second-order valence-corrected chi connectivity index (χ2v) is 5.67. The molecule has 0 aliphatic heterocycles. The highest BCUT2D eigenvalue weighted by Crippen LogP contribution is 2.12. The highest BCUT2D eigenvalue weighted by atomic mass is 16.6. The van der Waals surface area contributed by atoms with Gasteiger partial charge in [-0.2, -0.15) is 0 Å². The number of rotatable bonds is 18. The Morgan fingerprint density at radius 3 is 1.75 bits per heavy atom. The molecular formula is C18H36O6. The summed E-state index contributed by atoms with van der Waals surface area (Å²) in [6.07, 6.45) is 4.96. The van der Waals surface area contributed by atoms with Crippen LogP contribution in [0.15, 0.2) is 0 Å². The molecule has 6 heteroatoms. The minimum Gasteiger partial charge on any atom is -0.463 e. The minimum atomic E-state index is -0.290. The molecule has 1 atom stereocenters. The van der Waals surface area contributed by atoms with E-state index in [1.165, 1.54) is 32.6 Å². The molecule has 1 unspecified atom stereocenters. The molecule has 0 aromatic rings. The summed E-state index contributed by atoms with van der Waals surface area (Å²) in [5.74, 6) is 0.385. The molecule has 0 aliphatic carbocycles. The molecule has 0 fully saturated rings. The van der Waals surface area contributed by atoms with E-state index in [0.29, 0.717) is 52.2 Å². The number of esters is 1. The van der Waals surface area contributed by atoms with Crippen molar-refractivity contribution in [2.75, 3.05) is 59.5 Å². The van der Waals surface area contributed by atoms with Crippen LogP contribution in [0.4, 0.5) is 0 Å². The molecule has 0 aromatic carbocycles. The second kappa shape index (κ2) is 18.6. The zero-order valence-corrected chi connectivity index (χ0v) is 15.7. The van der Waals surface area contributed by atoms with Crippen LogP contribution in [0.1, 0.15) is 46.5 Å². The van der Waals surface area contributed by atoms with Gasteiger partial charge in [-0.1, -0.05) is 33.1 Å². The van der Waals surface area contributed by atoms with Crippen LogP contribution in [-0.4, -0.2) is 65.4 Å². The van der Waals surface area contributed by atoms with Gasteiger partial charge in [0, 0.05) is 13.5 Å². The monoisotopic (exact) mass is 348 g/mol. The van der Waals surface area contributed by atoms with Gasteiger partial charge in [-0.25, -0.2) is 0 Å². The van der Waals surface area contributed by atoms with Crippen molar-refractivity contribution in [1.82, 2.24) is 0 Å². The van der Waals surface area contributed by atoms with Crippen LogP contribution in [0.25, 0.3) is 0 Å². The van der Waals surface area contributed by atoms with Crippen molar-refractivity contribution >= 4 is 5.97 Å². The third-order valence-corrected chi connectivity index (χ3v) is 3.55. The van der Waals surface area contributed by atoms with Gasteiger partial charge in [-0.3, -0.25) is 4.79 Å². The highest BCUT2D eigenvalue weighted by molar-refractivity contribution is 5.65. The molecule has 0 rings (SSSR count). The summed E-state index contributed by atoms with van der Waals surface area (Å²) in [5.41, 5.74) is 0. The van der Waals surface area contributed by atoms with E-state index < -0.39 is 0 Å². The second-order valence-electron chi connectivity index (χ2n) is 5.67. The van der Waals surface area contributed by atoms with Gasteiger partial charge in [0.1, 0.15) is 6.61 Å². The molecule has 0 radical (unpaired) electrons. The maximum atomic E-state index is 10.5. The van der Waals surface area contributed by atoms with Gasteiger partial charge in [0.15, 0.2) is 0 Å². The minimum absolute atomic E-state index is 0.287. The first-order valence-electron chi connectivity index (χ1n) is 9.15. The fourth-order valence-electron chi connectivity index (χ4n) is 2.05. The van der Waals surface area contributed by atoms with E-state index in [2.05, 4.69) is 13.8 Å². The van der Waals surface area contributed by atoms with Crippen molar-refractivity contribution in [3.63, 3.8) is 0 Å². The third kappa shape index (κ3) is 17.7. The summed E-state index contributed by atoms with van der Waals surface area (Å²) in [7, 11) is 0. The van der Waals surface area contributed by atoms with E-state index >= 15 is 0 Å². The average Bonchev–Trinajstić information content (AvgIpc) is 2.57. The van der Waals surface area contributed by atoms with Gasteiger partial charge in [-0.05, 0) is 12.3 Å². The molecule has 0 bridgehead atoms. The molecular weight excluding hydrogens is 312 g/mol. The van der Waals surface area contributed by atoms with E-state index in [0.717, 1.165) is 6.61 Å². The van der Waals surface area contributed by atoms with E-state index in [1.54, 1.807) is 0 Å². The predicted octanol–water partition coefficient (Wildman–Crippen LogP) is 2.83. The lowest BCUT2D eigenvalue weighted by molar-refractivity contribution is -0.142. The Morgan fingerprint density at radius 1 is 0.792 bits per heavy atom. The molecule has 0 spiro atoms. The molecule has 0 heterocycles. The molecule has 24 heavy (non-hydrogen) atoms. The maximum Gasteiger partial charge on any atom is 0.302 e. The van der Waals surface area contributed by atoms with Crippen molar-refractivity contribution in [3.8, 4) is 0 Å². The number of carbonyl (C=O) groups is 1. The zero-order chi connectivity index (χ0) is 17.9. The lowest BCUT2D eigenvalue weighted by Gasteiger charge is -2.14. The van der Waals surface area contributed by atoms with Crippen molar-refractivity contribution < 1.29 is 28.5 Å². The van der Waals surface area contributed by atoms with E-state index in [-0.39, 0.29) is 12.6 Å². The molecule has 6 nitrogen and oxygen atoms in total. The molecule has 0 aromatic heterocycles. The Hall–Kier alpha value is -0.690. The Kier molecular flexibility index (Phi) is 18.1. The fourth-order valence-corrected chi connectivity index (χ4v) is 2.05. The lowest BCUT2D eigenvalue weighted by atomic mass is 10.0. The number of hydrogen-bond donors (Lipinski definition) is 0. The summed E-state index contributed by atoms with van der Waals surface area (Å²) in [6.45, 7) is 10.7. The Morgan fingerprint density at radius 2 is 1.29 bits per heavy atom. The lowest BCUT2D eigenvalue weighted by Crippen LogP contribution is -2.15. The zero-order valence-electron chi connectivity index (χ0n) is 15.7. The van der Waals surface area contributed by atoms with Crippen LogP contribution in [-0.2, 0) is 28.5 Å². The molecule has 144 valence electrons. The summed E-state index contributed by atoms with van der Waals surface area (Å²) in [6, 6.07) is 0. The van der Waals surface area contributed by atoms with Gasteiger partial charge in [0.25, 0.3) is 0 Å². The van der Waals surface area contributed by atoms with Gasteiger partial charge >= 0.3 is 5.97 Å². The largest absolute Gasteiger partial charge is 0.463 e. The van der Waals surface area contributed by atoms with E-state index in [1.807, 2.05) is 0 Å². The van der Waals surface area contributed by atoms with Gasteiger partial charge in [-0.15, -0.1) is 0 Å². The molecule has 0 saturated heterocycles. The van der Waals surface area contributed by atoms with Crippen LogP contribution in [0.5, 0.6) is 0 Å². The molecule has 0 aliphatic rings. The van der Waals surface area contributed by atoms with Gasteiger partial charge in [0.05, 0.1) is 46.2 Å². The maximum absolute atomic E-state index is 10.5. The van der Waals surface area contributed by atoms with E-state index in [9.17, 15) is 4.79 Å². The first-order chi connectivity index (χ1) is 11.7. The number of ether oxygens (including phenoxy) is 5. The molecule has 0 saturated carbocycles. The average molecular weight is 348 g/mol.